The standard InChI is InChI=1S/C18H23BrN2O4/c1-5-24-17(16(22)21-18(2,3)11-23-4)25-14-6-7-15-12(9-14)8-13(19)10-20-15/h6-10,17H,5,11H2,1-4H3,(H,21,22). The third-order valence-corrected chi connectivity index (χ3v) is 3.80. The number of pyridine rings is 1. The summed E-state index contributed by atoms with van der Waals surface area (Å²) in [5, 5.41) is 3.78. The van der Waals surface area contributed by atoms with Crippen molar-refractivity contribution >= 4 is 32.7 Å². The van der Waals surface area contributed by atoms with Crippen molar-refractivity contribution in [3.05, 3.63) is 34.9 Å². The van der Waals surface area contributed by atoms with E-state index in [0.29, 0.717) is 19.0 Å². The Kier molecular flexibility index (Phi) is 6.75. The van der Waals surface area contributed by atoms with Gasteiger partial charge in [0.1, 0.15) is 5.75 Å². The van der Waals surface area contributed by atoms with Gasteiger partial charge in [0.15, 0.2) is 0 Å². The Morgan fingerprint density at radius 1 is 1.36 bits per heavy atom. The normalized spacial score (nSPS) is 12.8. The van der Waals surface area contributed by atoms with Gasteiger partial charge in [-0.1, -0.05) is 0 Å². The SMILES string of the molecule is CCOC(Oc1ccc2ncc(Br)cc2c1)C(=O)NC(C)(C)COC. The second-order valence-corrected chi connectivity index (χ2v) is 7.13. The molecule has 1 aromatic carbocycles. The maximum absolute atomic E-state index is 12.5. The van der Waals surface area contributed by atoms with E-state index in [9.17, 15) is 4.79 Å². The number of hydrogen-bond donors (Lipinski definition) is 1. The first-order chi connectivity index (χ1) is 11.8. The molecule has 136 valence electrons. The van der Waals surface area contributed by atoms with Gasteiger partial charge < -0.3 is 19.5 Å². The predicted octanol–water partition coefficient (Wildman–Crippen LogP) is 3.28. The van der Waals surface area contributed by atoms with Gasteiger partial charge in [-0.25, -0.2) is 0 Å². The molecular formula is C18H23BrN2O4. The molecule has 1 aromatic heterocycles. The van der Waals surface area contributed by atoms with Gasteiger partial charge in [-0.15, -0.1) is 0 Å². The van der Waals surface area contributed by atoms with E-state index in [1.807, 2.05) is 39.0 Å². The van der Waals surface area contributed by atoms with Gasteiger partial charge in [0.05, 0.1) is 17.7 Å². The lowest BCUT2D eigenvalue weighted by Gasteiger charge is -2.28. The Bertz CT molecular complexity index is 736. The van der Waals surface area contributed by atoms with Gasteiger partial charge in [0.2, 0.25) is 0 Å². The highest BCUT2D eigenvalue weighted by atomic mass is 79.9. The number of ether oxygens (including phenoxy) is 3. The lowest BCUT2D eigenvalue weighted by molar-refractivity contribution is -0.154. The molecule has 2 rings (SSSR count). The fraction of sp³-hybridized carbons (Fsp3) is 0.444. The summed E-state index contributed by atoms with van der Waals surface area (Å²) in [6.45, 7) is 6.29. The lowest BCUT2D eigenvalue weighted by Crippen LogP contribution is -2.52. The van der Waals surface area contributed by atoms with Crippen molar-refractivity contribution < 1.29 is 19.0 Å². The molecule has 1 unspecified atom stereocenters. The summed E-state index contributed by atoms with van der Waals surface area (Å²) in [6.07, 6.45) is 0.690. The van der Waals surface area contributed by atoms with E-state index in [-0.39, 0.29) is 5.91 Å². The number of rotatable bonds is 8. The number of halogens is 1. The van der Waals surface area contributed by atoms with Crippen molar-refractivity contribution in [2.45, 2.75) is 32.6 Å². The Morgan fingerprint density at radius 3 is 2.80 bits per heavy atom. The zero-order chi connectivity index (χ0) is 18.4. The fourth-order valence-corrected chi connectivity index (χ4v) is 2.73. The van der Waals surface area contributed by atoms with Crippen molar-refractivity contribution in [1.82, 2.24) is 10.3 Å². The first-order valence-corrected chi connectivity index (χ1v) is 8.78. The summed E-state index contributed by atoms with van der Waals surface area (Å²) in [5.41, 5.74) is 0.317. The van der Waals surface area contributed by atoms with Crippen LogP contribution < -0.4 is 10.1 Å². The van der Waals surface area contributed by atoms with Crippen LogP contribution in [0.2, 0.25) is 0 Å². The molecule has 1 N–H and O–H groups in total. The molecule has 0 aliphatic carbocycles. The first kappa shape index (κ1) is 19.6. The van der Waals surface area contributed by atoms with E-state index in [1.165, 1.54) is 0 Å². The van der Waals surface area contributed by atoms with Crippen molar-refractivity contribution in [1.29, 1.82) is 0 Å². The largest absolute Gasteiger partial charge is 0.455 e. The number of nitrogens with one attached hydrogen (secondary N) is 1. The third-order valence-electron chi connectivity index (χ3n) is 3.36. The average Bonchev–Trinajstić information content (AvgIpc) is 2.53. The molecule has 1 amide bonds. The fourth-order valence-electron chi connectivity index (χ4n) is 2.38. The summed E-state index contributed by atoms with van der Waals surface area (Å²) in [4.78, 5) is 16.8. The number of hydrogen-bond acceptors (Lipinski definition) is 5. The highest BCUT2D eigenvalue weighted by Crippen LogP contribution is 2.23. The quantitative estimate of drug-likeness (QED) is 0.676. The number of methoxy groups -OCH3 is 1. The molecule has 0 radical (unpaired) electrons. The van der Waals surface area contributed by atoms with Gasteiger partial charge in [0, 0.05) is 29.8 Å². The number of aromatic nitrogens is 1. The first-order valence-electron chi connectivity index (χ1n) is 7.99. The van der Waals surface area contributed by atoms with E-state index in [2.05, 4.69) is 26.2 Å². The van der Waals surface area contributed by atoms with Gasteiger partial charge in [-0.2, -0.15) is 0 Å². The summed E-state index contributed by atoms with van der Waals surface area (Å²) in [7, 11) is 1.59. The number of carbonyl (C=O) groups excluding carboxylic acids is 1. The number of fused-ring (bicyclic) bond motifs is 1. The van der Waals surface area contributed by atoms with E-state index >= 15 is 0 Å². The monoisotopic (exact) mass is 410 g/mol. The Hall–Kier alpha value is -1.70. The molecule has 1 atom stereocenters. The molecule has 0 fully saturated rings. The molecule has 0 bridgehead atoms. The number of benzene rings is 1. The van der Waals surface area contributed by atoms with Crippen LogP contribution in [-0.4, -0.2) is 43.0 Å². The predicted molar refractivity (Wildman–Crippen MR) is 99.6 cm³/mol. The lowest BCUT2D eigenvalue weighted by atomic mass is 10.1. The second kappa shape index (κ2) is 8.60. The van der Waals surface area contributed by atoms with Crippen LogP contribution in [0.1, 0.15) is 20.8 Å². The minimum absolute atomic E-state index is 0.351. The third kappa shape index (κ3) is 5.66. The maximum Gasteiger partial charge on any atom is 0.290 e. The van der Waals surface area contributed by atoms with Crippen LogP contribution in [0.5, 0.6) is 5.75 Å². The summed E-state index contributed by atoms with van der Waals surface area (Å²) >= 11 is 3.40. The van der Waals surface area contributed by atoms with Crippen LogP contribution in [-0.2, 0) is 14.3 Å². The molecule has 0 spiro atoms. The van der Waals surface area contributed by atoms with Crippen molar-refractivity contribution in [2.75, 3.05) is 20.3 Å². The van der Waals surface area contributed by atoms with Crippen molar-refractivity contribution in [3.63, 3.8) is 0 Å². The van der Waals surface area contributed by atoms with E-state index < -0.39 is 11.8 Å². The number of carbonyl (C=O) groups is 1. The van der Waals surface area contributed by atoms with Gasteiger partial charge >= 0.3 is 0 Å². The van der Waals surface area contributed by atoms with Gasteiger partial charge in [-0.05, 0) is 61.0 Å². The summed E-state index contributed by atoms with van der Waals surface area (Å²) < 4.78 is 17.2. The summed E-state index contributed by atoms with van der Waals surface area (Å²) in [5.74, 6) is 0.182. The molecule has 1 heterocycles. The Balaban J connectivity index is 2.16. The average molecular weight is 411 g/mol. The van der Waals surface area contributed by atoms with Crippen molar-refractivity contribution in [3.8, 4) is 5.75 Å². The Labute approximate surface area is 156 Å². The van der Waals surface area contributed by atoms with Crippen LogP contribution in [0.15, 0.2) is 34.9 Å². The van der Waals surface area contributed by atoms with Crippen LogP contribution in [0, 0.1) is 0 Å². The van der Waals surface area contributed by atoms with Crippen LogP contribution in [0.3, 0.4) is 0 Å². The molecular weight excluding hydrogens is 388 g/mol. The molecule has 2 aromatic rings. The molecule has 7 heteroatoms. The minimum Gasteiger partial charge on any atom is -0.455 e. The van der Waals surface area contributed by atoms with E-state index in [1.54, 1.807) is 19.4 Å². The minimum atomic E-state index is -1.04. The second-order valence-electron chi connectivity index (χ2n) is 6.22. The van der Waals surface area contributed by atoms with Crippen LogP contribution in [0.25, 0.3) is 10.9 Å². The molecule has 0 aliphatic heterocycles. The Morgan fingerprint density at radius 2 is 2.12 bits per heavy atom. The number of nitrogens with zero attached hydrogens (tertiary/aromatic N) is 1. The van der Waals surface area contributed by atoms with E-state index in [4.69, 9.17) is 14.2 Å². The highest BCUT2D eigenvalue weighted by molar-refractivity contribution is 9.10. The smallest absolute Gasteiger partial charge is 0.290 e. The van der Waals surface area contributed by atoms with Crippen LogP contribution >= 0.6 is 15.9 Å². The zero-order valence-corrected chi connectivity index (χ0v) is 16.4. The molecule has 0 saturated carbocycles. The molecule has 25 heavy (non-hydrogen) atoms. The number of amides is 1. The maximum atomic E-state index is 12.5. The summed E-state index contributed by atoms with van der Waals surface area (Å²) in [6, 6.07) is 7.37. The molecule has 6 nitrogen and oxygen atoms in total. The molecule has 0 aliphatic rings. The van der Waals surface area contributed by atoms with Gasteiger partial charge in [-0.3, -0.25) is 9.78 Å². The highest BCUT2D eigenvalue weighted by Gasteiger charge is 2.27. The zero-order valence-electron chi connectivity index (χ0n) is 14.8. The topological polar surface area (TPSA) is 69.7 Å². The van der Waals surface area contributed by atoms with Crippen LogP contribution in [0.4, 0.5) is 0 Å². The van der Waals surface area contributed by atoms with Gasteiger partial charge in [0.25, 0.3) is 12.2 Å². The van der Waals surface area contributed by atoms with E-state index in [0.717, 1.165) is 15.4 Å². The van der Waals surface area contributed by atoms with Crippen molar-refractivity contribution in [2.24, 2.45) is 0 Å². The molecule has 0 saturated heterocycles.